The Morgan fingerprint density at radius 3 is 1.66 bits per heavy atom. The minimum Gasteiger partial charge on any atom is -0.379 e. The van der Waals surface area contributed by atoms with Crippen LogP contribution in [0.5, 0.6) is 0 Å². The first-order chi connectivity index (χ1) is 13.8. The van der Waals surface area contributed by atoms with Gasteiger partial charge in [-0.3, -0.25) is 4.79 Å². The van der Waals surface area contributed by atoms with Crippen molar-refractivity contribution in [1.82, 2.24) is 13.5 Å². The fourth-order valence-corrected chi connectivity index (χ4v) is 6.44. The van der Waals surface area contributed by atoms with E-state index in [0.29, 0.717) is 26.3 Å². The third-order valence-corrected chi connectivity index (χ3v) is 9.37. The predicted octanol–water partition coefficient (Wildman–Crippen LogP) is -0.0496. The highest BCUT2D eigenvalue weighted by Gasteiger charge is 2.37. The third kappa shape index (κ3) is 4.19. The van der Waals surface area contributed by atoms with Crippen LogP contribution in [0.3, 0.4) is 0 Å². The number of sulfonamides is 2. The number of ether oxygens (including phenoxy) is 1. The maximum Gasteiger partial charge on any atom is 0.243 e. The Morgan fingerprint density at radius 1 is 0.759 bits per heavy atom. The van der Waals surface area contributed by atoms with Crippen LogP contribution < -0.4 is 0 Å². The highest BCUT2D eigenvalue weighted by molar-refractivity contribution is 7.89. The monoisotopic (exact) mass is 443 g/mol. The van der Waals surface area contributed by atoms with Crippen LogP contribution in [-0.2, 0) is 29.6 Å². The summed E-state index contributed by atoms with van der Waals surface area (Å²) in [4.78, 5) is 14.0. The summed E-state index contributed by atoms with van der Waals surface area (Å²) in [5, 5.41) is 0. The fourth-order valence-electron chi connectivity index (χ4n) is 3.61. The normalized spacial score (nSPS) is 22.6. The molecule has 0 aromatic heterocycles. The smallest absolute Gasteiger partial charge is 0.243 e. The Bertz CT molecular complexity index is 959. The summed E-state index contributed by atoms with van der Waals surface area (Å²) in [5.74, 6) is 0.249. The third-order valence-electron chi connectivity index (χ3n) is 5.55. The summed E-state index contributed by atoms with van der Waals surface area (Å²) in [6.07, 6.45) is 1.86. The first-order valence-electron chi connectivity index (χ1n) is 9.77. The number of hydrogen-bond acceptors (Lipinski definition) is 6. The van der Waals surface area contributed by atoms with Crippen molar-refractivity contribution in [3.8, 4) is 0 Å². The van der Waals surface area contributed by atoms with Crippen LogP contribution in [0.15, 0.2) is 34.1 Å². The summed E-state index contributed by atoms with van der Waals surface area (Å²) in [6.45, 7) is 2.53. The molecule has 0 radical (unpaired) electrons. The molecule has 9 nitrogen and oxygen atoms in total. The van der Waals surface area contributed by atoms with Gasteiger partial charge in [0.2, 0.25) is 26.0 Å². The van der Waals surface area contributed by atoms with Gasteiger partial charge in [0.25, 0.3) is 0 Å². The van der Waals surface area contributed by atoms with E-state index in [1.807, 2.05) is 0 Å². The Hall–Kier alpha value is -1.53. The van der Waals surface area contributed by atoms with Crippen LogP contribution in [0, 0.1) is 5.92 Å². The molecular formula is C18H25N3O6S2. The molecule has 0 atom stereocenters. The molecule has 1 amide bonds. The molecule has 160 valence electrons. The molecule has 4 rings (SSSR count). The van der Waals surface area contributed by atoms with Gasteiger partial charge < -0.3 is 9.64 Å². The molecule has 11 heteroatoms. The topological polar surface area (TPSA) is 104 Å². The number of nitrogens with zero attached hydrogens (tertiary/aromatic N) is 3. The zero-order valence-corrected chi connectivity index (χ0v) is 17.7. The lowest BCUT2D eigenvalue weighted by atomic mass is 10.3. The van der Waals surface area contributed by atoms with E-state index in [2.05, 4.69) is 0 Å². The molecule has 0 bridgehead atoms. The molecule has 2 saturated heterocycles. The minimum absolute atomic E-state index is 0.0559. The van der Waals surface area contributed by atoms with E-state index in [9.17, 15) is 21.6 Å². The van der Waals surface area contributed by atoms with Gasteiger partial charge in [0.05, 0.1) is 23.0 Å². The predicted molar refractivity (Wildman–Crippen MR) is 104 cm³/mol. The number of amides is 1. The molecule has 0 unspecified atom stereocenters. The quantitative estimate of drug-likeness (QED) is 0.632. The molecule has 2 heterocycles. The van der Waals surface area contributed by atoms with Crippen LogP contribution in [0.1, 0.15) is 12.8 Å². The van der Waals surface area contributed by atoms with E-state index in [1.54, 1.807) is 4.90 Å². The van der Waals surface area contributed by atoms with E-state index >= 15 is 0 Å². The molecule has 1 aromatic carbocycles. The SMILES string of the molecule is O=C(C1CC1)N1CCN(S(=O)(=O)c2ccc(S(=O)(=O)N3CCOCC3)cc2)CC1. The van der Waals surface area contributed by atoms with Crippen LogP contribution >= 0.6 is 0 Å². The van der Waals surface area contributed by atoms with Gasteiger partial charge in [0.15, 0.2) is 0 Å². The lowest BCUT2D eigenvalue weighted by Gasteiger charge is -2.34. The number of benzene rings is 1. The summed E-state index contributed by atoms with van der Waals surface area (Å²) < 4.78 is 59.1. The van der Waals surface area contributed by atoms with Gasteiger partial charge in [0.1, 0.15) is 0 Å². The van der Waals surface area contributed by atoms with Gasteiger partial charge in [-0.25, -0.2) is 16.8 Å². The Morgan fingerprint density at radius 2 is 1.21 bits per heavy atom. The number of carbonyl (C=O) groups is 1. The highest BCUT2D eigenvalue weighted by Crippen LogP contribution is 2.31. The van der Waals surface area contributed by atoms with Gasteiger partial charge in [-0.05, 0) is 37.1 Å². The number of carbonyl (C=O) groups excluding carboxylic acids is 1. The maximum atomic E-state index is 12.9. The van der Waals surface area contributed by atoms with Crippen molar-refractivity contribution in [2.75, 3.05) is 52.5 Å². The Labute approximate surface area is 171 Å². The molecule has 3 fully saturated rings. The van der Waals surface area contributed by atoms with Crippen LogP contribution in [-0.4, -0.2) is 88.7 Å². The van der Waals surface area contributed by atoms with Crippen LogP contribution in [0.2, 0.25) is 0 Å². The van der Waals surface area contributed by atoms with Gasteiger partial charge in [-0.15, -0.1) is 0 Å². The molecular weight excluding hydrogens is 418 g/mol. The van der Waals surface area contributed by atoms with Crippen molar-refractivity contribution in [2.45, 2.75) is 22.6 Å². The standard InChI is InChI=1S/C18H25N3O6S2/c22-18(15-1-2-15)19-7-9-20(10-8-19)28(23,24)16-3-5-17(6-4-16)29(25,26)21-11-13-27-14-12-21/h3-6,15H,1-2,7-14H2. The van der Waals surface area contributed by atoms with Gasteiger partial charge >= 0.3 is 0 Å². The largest absolute Gasteiger partial charge is 0.379 e. The number of hydrogen-bond donors (Lipinski definition) is 0. The molecule has 1 saturated carbocycles. The number of piperazine rings is 1. The van der Waals surface area contributed by atoms with Crippen molar-refractivity contribution >= 4 is 26.0 Å². The van der Waals surface area contributed by atoms with E-state index in [-0.39, 0.29) is 47.8 Å². The molecule has 1 aliphatic carbocycles. The maximum absolute atomic E-state index is 12.9. The van der Waals surface area contributed by atoms with Crippen molar-refractivity contribution in [3.63, 3.8) is 0 Å². The van der Waals surface area contributed by atoms with E-state index in [0.717, 1.165) is 12.8 Å². The summed E-state index contributed by atoms with van der Waals surface area (Å²) >= 11 is 0. The molecule has 0 N–H and O–H groups in total. The minimum atomic E-state index is -3.74. The van der Waals surface area contributed by atoms with Gasteiger partial charge in [0, 0.05) is 45.2 Å². The first-order valence-corrected chi connectivity index (χ1v) is 12.6. The van der Waals surface area contributed by atoms with Crippen LogP contribution in [0.4, 0.5) is 0 Å². The summed E-state index contributed by atoms with van der Waals surface area (Å²) in [6, 6.07) is 5.35. The van der Waals surface area contributed by atoms with Crippen LogP contribution in [0.25, 0.3) is 0 Å². The van der Waals surface area contributed by atoms with Crippen molar-refractivity contribution in [1.29, 1.82) is 0 Å². The summed E-state index contributed by atoms with van der Waals surface area (Å²) in [5.41, 5.74) is 0. The second kappa shape index (κ2) is 7.95. The number of morpholine rings is 1. The first kappa shape index (κ1) is 20.7. The van der Waals surface area contributed by atoms with Crippen molar-refractivity contribution < 1.29 is 26.4 Å². The number of rotatable bonds is 5. The second-order valence-corrected chi connectivity index (χ2v) is 11.4. The lowest BCUT2D eigenvalue weighted by molar-refractivity contribution is -0.133. The average Bonchev–Trinajstić information content (AvgIpc) is 3.59. The zero-order chi connectivity index (χ0) is 20.6. The van der Waals surface area contributed by atoms with E-state index in [1.165, 1.54) is 32.9 Å². The molecule has 0 spiro atoms. The fraction of sp³-hybridized carbons (Fsp3) is 0.611. The highest BCUT2D eigenvalue weighted by atomic mass is 32.2. The Balaban J connectivity index is 1.44. The molecule has 29 heavy (non-hydrogen) atoms. The average molecular weight is 444 g/mol. The molecule has 2 aliphatic heterocycles. The van der Waals surface area contributed by atoms with E-state index < -0.39 is 20.0 Å². The molecule has 1 aromatic rings. The van der Waals surface area contributed by atoms with Crippen molar-refractivity contribution in [3.05, 3.63) is 24.3 Å². The van der Waals surface area contributed by atoms with Gasteiger partial charge in [-0.1, -0.05) is 0 Å². The second-order valence-electron chi connectivity index (χ2n) is 7.49. The lowest BCUT2D eigenvalue weighted by Crippen LogP contribution is -2.50. The molecule has 3 aliphatic rings. The van der Waals surface area contributed by atoms with E-state index in [4.69, 9.17) is 4.74 Å². The summed E-state index contributed by atoms with van der Waals surface area (Å²) in [7, 11) is -7.40. The zero-order valence-electron chi connectivity index (χ0n) is 16.1. The van der Waals surface area contributed by atoms with Crippen molar-refractivity contribution in [2.24, 2.45) is 5.92 Å². The van der Waals surface area contributed by atoms with Gasteiger partial charge in [-0.2, -0.15) is 8.61 Å². The Kier molecular flexibility index (Phi) is 5.68.